The molecule has 0 unspecified atom stereocenters. The minimum atomic E-state index is -1.09. The quantitative estimate of drug-likeness (QED) is 0.259. The van der Waals surface area contributed by atoms with Crippen molar-refractivity contribution in [2.75, 3.05) is 20.8 Å². The van der Waals surface area contributed by atoms with E-state index in [9.17, 15) is 19.8 Å². The van der Waals surface area contributed by atoms with Crippen LogP contribution in [-0.4, -0.2) is 69.9 Å². The van der Waals surface area contributed by atoms with Crippen molar-refractivity contribution in [2.24, 2.45) is 32.7 Å². The third kappa shape index (κ3) is 5.87. The van der Waals surface area contributed by atoms with Gasteiger partial charge in [0, 0.05) is 58.5 Å². The molecule has 0 radical (unpaired) electrons. The molecule has 1 aromatic rings. The number of rotatable bonds is 9. The lowest BCUT2D eigenvalue weighted by molar-refractivity contribution is -0.143. The highest BCUT2D eigenvalue weighted by Gasteiger charge is 2.49. The predicted octanol–water partition coefficient (Wildman–Crippen LogP) is 6.06. The molecular weight excluding hydrogens is 684 g/mol. The van der Waals surface area contributed by atoms with Crippen LogP contribution < -0.4 is 5.32 Å². The summed E-state index contributed by atoms with van der Waals surface area (Å²) in [6.07, 6.45) is 8.04. The first-order valence-corrected chi connectivity index (χ1v) is 18.6. The van der Waals surface area contributed by atoms with Crippen LogP contribution in [-0.2, 0) is 32.0 Å². The van der Waals surface area contributed by atoms with E-state index >= 15 is 0 Å². The van der Waals surface area contributed by atoms with E-state index in [0.29, 0.717) is 47.6 Å². The van der Waals surface area contributed by atoms with Crippen LogP contribution in [0.1, 0.15) is 70.8 Å². The Balaban J connectivity index is 1.48. The zero-order chi connectivity index (χ0) is 38.7. The maximum absolute atomic E-state index is 13.5. The zero-order valence-electron chi connectivity index (χ0n) is 32.5. The first-order chi connectivity index (χ1) is 25.8. The highest BCUT2D eigenvalue weighted by molar-refractivity contribution is 6.24. The number of nitrogens with zero attached hydrogens (tertiary/aromatic N) is 5. The van der Waals surface area contributed by atoms with E-state index < -0.39 is 11.9 Å². The zero-order valence-corrected chi connectivity index (χ0v) is 32.5. The van der Waals surface area contributed by atoms with E-state index in [2.05, 4.69) is 45.2 Å². The number of aliphatic hydroxyl groups excluding tert-OH is 2. The van der Waals surface area contributed by atoms with E-state index in [-0.39, 0.29) is 36.6 Å². The molecule has 3 N–H and O–H groups in total. The summed E-state index contributed by atoms with van der Waals surface area (Å²) in [6.45, 7) is 14.7. The third-order valence-electron chi connectivity index (χ3n) is 11.8. The normalized spacial score (nSPS) is 23.2. The van der Waals surface area contributed by atoms with Gasteiger partial charge in [-0.05, 0) is 93.6 Å². The molecule has 1 fully saturated rings. The second kappa shape index (κ2) is 14.1. The van der Waals surface area contributed by atoms with Crippen LogP contribution in [0.3, 0.4) is 0 Å². The average molecular weight is 733 g/mol. The van der Waals surface area contributed by atoms with E-state index in [1.165, 1.54) is 14.2 Å². The van der Waals surface area contributed by atoms with Crippen molar-refractivity contribution in [1.82, 2.24) is 15.1 Å². The van der Waals surface area contributed by atoms with Crippen molar-refractivity contribution in [2.45, 2.75) is 80.7 Å². The SMILES string of the molecule is CCC1=C(C)C2=NC1=CC1=C(C)C3=C(O)[C@H](C(=O)OC)C(=C4NC(=CC5=NC(=C2)C(Cc2c(C)nn(CCO)c2C)=C5C)[C@@H](C)[C@@H]4CCC(=O)OC)C3=N1. The largest absolute Gasteiger partial charge is 0.510 e. The van der Waals surface area contributed by atoms with Crippen LogP contribution in [0.2, 0.25) is 0 Å². The fourth-order valence-corrected chi connectivity index (χ4v) is 8.63. The molecule has 5 aliphatic heterocycles. The first kappa shape index (κ1) is 37.0. The van der Waals surface area contributed by atoms with Gasteiger partial charge in [0.1, 0.15) is 11.7 Å². The lowest BCUT2D eigenvalue weighted by Crippen LogP contribution is -2.25. The second-order valence-electron chi connectivity index (χ2n) is 14.6. The van der Waals surface area contributed by atoms with E-state index in [1.54, 1.807) is 0 Å². The number of aryl methyl sites for hydroxylation is 1. The molecule has 8 bridgehead atoms. The summed E-state index contributed by atoms with van der Waals surface area (Å²) in [5, 5.41) is 29.8. The van der Waals surface area contributed by atoms with Gasteiger partial charge in [-0.25, -0.2) is 15.0 Å². The molecule has 1 saturated heterocycles. The summed E-state index contributed by atoms with van der Waals surface area (Å²) in [7, 11) is 2.69. The molecule has 12 heteroatoms. The van der Waals surface area contributed by atoms with Crippen LogP contribution in [0, 0.1) is 31.6 Å². The Morgan fingerprint density at radius 3 is 2.28 bits per heavy atom. The monoisotopic (exact) mass is 732 g/mol. The van der Waals surface area contributed by atoms with Gasteiger partial charge in [0.25, 0.3) is 0 Å². The minimum absolute atomic E-state index is 0.000438. The van der Waals surface area contributed by atoms with Crippen LogP contribution in [0.15, 0.2) is 106 Å². The number of carbonyl (C=O) groups excluding carboxylic acids is 2. The summed E-state index contributed by atoms with van der Waals surface area (Å²) in [6, 6.07) is 0. The predicted molar refractivity (Wildman–Crippen MR) is 207 cm³/mol. The van der Waals surface area contributed by atoms with Crippen LogP contribution >= 0.6 is 0 Å². The smallest absolute Gasteiger partial charge is 0.321 e. The molecule has 0 aromatic carbocycles. The number of aromatic nitrogens is 2. The van der Waals surface area contributed by atoms with Gasteiger partial charge in [0.2, 0.25) is 0 Å². The number of aliphatic hydroxyl groups is 2. The van der Waals surface area contributed by atoms with E-state index in [4.69, 9.17) is 29.5 Å². The Labute approximate surface area is 315 Å². The number of ether oxygens (including phenoxy) is 2. The Bertz CT molecular complexity index is 2260. The third-order valence-corrected chi connectivity index (χ3v) is 11.8. The second-order valence-corrected chi connectivity index (χ2v) is 14.6. The van der Waals surface area contributed by atoms with Crippen molar-refractivity contribution in [1.29, 1.82) is 0 Å². The number of methoxy groups -OCH3 is 2. The number of nitrogens with one attached hydrogen (secondary N) is 1. The van der Waals surface area contributed by atoms with Gasteiger partial charge in [-0.1, -0.05) is 13.8 Å². The molecule has 1 aromatic heterocycles. The number of hydrogen-bond acceptors (Lipinski definition) is 11. The highest BCUT2D eigenvalue weighted by Crippen LogP contribution is 2.49. The van der Waals surface area contributed by atoms with E-state index in [0.717, 1.165) is 79.8 Å². The first-order valence-electron chi connectivity index (χ1n) is 18.6. The highest BCUT2D eigenvalue weighted by atomic mass is 16.5. The topological polar surface area (TPSA) is 160 Å². The molecule has 282 valence electrons. The van der Waals surface area contributed by atoms with Gasteiger partial charge in [0.15, 0.2) is 0 Å². The molecular formula is C42H48N6O6. The van der Waals surface area contributed by atoms with Crippen molar-refractivity contribution < 1.29 is 29.3 Å². The van der Waals surface area contributed by atoms with Gasteiger partial charge >= 0.3 is 11.9 Å². The number of aliphatic imine (C=N–C) groups is 3. The molecule has 1 aliphatic carbocycles. The lowest BCUT2D eigenvalue weighted by atomic mass is 9.84. The number of fused-ring (bicyclic) bond motifs is 5. The Morgan fingerprint density at radius 2 is 1.61 bits per heavy atom. The lowest BCUT2D eigenvalue weighted by Gasteiger charge is -2.20. The fourth-order valence-electron chi connectivity index (χ4n) is 8.63. The molecule has 6 heterocycles. The van der Waals surface area contributed by atoms with Crippen LogP contribution in [0.5, 0.6) is 0 Å². The summed E-state index contributed by atoms with van der Waals surface area (Å²) in [5.74, 6) is -2.48. The number of carbonyl (C=O) groups is 2. The summed E-state index contributed by atoms with van der Waals surface area (Å²) in [4.78, 5) is 41.5. The molecule has 7 rings (SSSR count). The Kier molecular flexibility index (Phi) is 9.68. The van der Waals surface area contributed by atoms with Crippen molar-refractivity contribution in [3.05, 3.63) is 108 Å². The van der Waals surface area contributed by atoms with Gasteiger partial charge < -0.3 is 25.0 Å². The maximum atomic E-state index is 13.5. The van der Waals surface area contributed by atoms with Crippen molar-refractivity contribution in [3.8, 4) is 0 Å². The maximum Gasteiger partial charge on any atom is 0.321 e. The molecule has 0 spiro atoms. The summed E-state index contributed by atoms with van der Waals surface area (Å²) < 4.78 is 12.1. The Morgan fingerprint density at radius 1 is 0.926 bits per heavy atom. The van der Waals surface area contributed by atoms with Crippen LogP contribution in [0.25, 0.3) is 0 Å². The van der Waals surface area contributed by atoms with E-state index in [1.807, 2.05) is 31.5 Å². The number of allylic oxidation sites excluding steroid dienone is 11. The minimum Gasteiger partial charge on any atom is -0.510 e. The van der Waals surface area contributed by atoms with Crippen LogP contribution in [0.4, 0.5) is 0 Å². The Hall–Kier alpha value is -5.36. The van der Waals surface area contributed by atoms with Crippen molar-refractivity contribution >= 4 is 29.1 Å². The molecule has 3 atom stereocenters. The van der Waals surface area contributed by atoms with Gasteiger partial charge in [-0.3, -0.25) is 14.3 Å². The average Bonchev–Trinajstić information content (AvgIpc) is 3.94. The van der Waals surface area contributed by atoms with Crippen molar-refractivity contribution in [3.63, 3.8) is 0 Å². The molecule has 0 amide bonds. The van der Waals surface area contributed by atoms with Gasteiger partial charge in [-0.15, -0.1) is 0 Å². The number of hydrogen-bond donors (Lipinski definition) is 3. The van der Waals surface area contributed by atoms with Gasteiger partial charge in [-0.2, -0.15) is 5.10 Å². The number of esters is 2. The molecule has 0 saturated carbocycles. The summed E-state index contributed by atoms with van der Waals surface area (Å²) in [5.41, 5.74) is 15.0. The summed E-state index contributed by atoms with van der Waals surface area (Å²) >= 11 is 0. The fraction of sp³-hybridized carbons (Fsp3) is 0.429. The van der Waals surface area contributed by atoms with Gasteiger partial charge in [0.05, 0.1) is 67.3 Å². The standard InChI is InChI=1S/C42H48N6O6/c1-10-25-19(2)30-17-34-27(15-28-23(6)47-48(13-14-49)24(28)7)21(4)29(44-34)16-31-20(3)26(11-12-35(50)53-8)39(45-31)37-38(42(52)54-9)41(51)36-22(5)32(46-40(36)37)18-33(25)43-30/h16-18,20,26,38,45,49,51H,10-15H2,1-9H3/t20-,26-,38+/m0/s1. The molecule has 12 nitrogen and oxygen atoms in total. The molecule has 54 heavy (non-hydrogen) atoms. The molecule has 6 aliphatic rings.